The number of hydrogen-bond donors (Lipinski definition) is 1. The van der Waals surface area contributed by atoms with Crippen LogP contribution in [0.4, 0.5) is 0 Å². The Morgan fingerprint density at radius 1 is 1.42 bits per heavy atom. The molecule has 0 saturated carbocycles. The third-order valence-electron chi connectivity index (χ3n) is 3.46. The summed E-state index contributed by atoms with van der Waals surface area (Å²) in [5.41, 5.74) is 1.51. The third-order valence-corrected chi connectivity index (χ3v) is 3.79. The first-order valence-electron chi connectivity index (χ1n) is 6.06. The van der Waals surface area contributed by atoms with E-state index in [1.807, 2.05) is 18.2 Å². The highest BCUT2D eigenvalue weighted by Crippen LogP contribution is 2.38. The number of nitrogens with zero attached hydrogens (tertiary/aromatic N) is 1. The van der Waals surface area contributed by atoms with Gasteiger partial charge in [0.05, 0.1) is 17.5 Å². The molecule has 2 heterocycles. The van der Waals surface area contributed by atoms with E-state index in [1.54, 1.807) is 12.3 Å². The Kier molecular flexibility index (Phi) is 3.12. The summed E-state index contributed by atoms with van der Waals surface area (Å²) >= 11 is 6.14. The maximum Gasteiger partial charge on any atom is 0.309 e. The third kappa shape index (κ3) is 2.07. The summed E-state index contributed by atoms with van der Waals surface area (Å²) in [5.74, 6) is -1.35. The summed E-state index contributed by atoms with van der Waals surface area (Å²) < 4.78 is 5.60. The van der Waals surface area contributed by atoms with Crippen LogP contribution in [-0.4, -0.2) is 22.7 Å². The highest BCUT2D eigenvalue weighted by atomic mass is 35.5. The molecule has 1 aliphatic rings. The van der Waals surface area contributed by atoms with Gasteiger partial charge in [-0.1, -0.05) is 17.7 Å². The van der Waals surface area contributed by atoms with Crippen LogP contribution in [0.3, 0.4) is 0 Å². The number of ether oxygens (including phenoxy) is 1. The minimum atomic E-state index is -0.832. The molecule has 1 saturated heterocycles. The number of hydrogen-bond acceptors (Lipinski definition) is 3. The smallest absolute Gasteiger partial charge is 0.309 e. The zero-order valence-electron chi connectivity index (χ0n) is 10.0. The second-order valence-corrected chi connectivity index (χ2v) is 4.97. The molecule has 0 amide bonds. The van der Waals surface area contributed by atoms with Gasteiger partial charge in [-0.15, -0.1) is 0 Å². The van der Waals surface area contributed by atoms with Crippen molar-refractivity contribution in [2.45, 2.75) is 12.5 Å². The van der Waals surface area contributed by atoms with Gasteiger partial charge in [0.15, 0.2) is 0 Å². The molecule has 4 nitrogen and oxygen atoms in total. The van der Waals surface area contributed by atoms with Crippen molar-refractivity contribution in [1.82, 2.24) is 4.98 Å². The lowest BCUT2D eigenvalue weighted by Gasteiger charge is -2.17. The summed E-state index contributed by atoms with van der Waals surface area (Å²) in [7, 11) is 0. The predicted octanol–water partition coefficient (Wildman–Crippen LogP) is 3.05. The molecule has 0 spiro atoms. The minimum absolute atomic E-state index is 0.452. The first kappa shape index (κ1) is 12.4. The number of halogens is 1. The molecule has 98 valence electrons. The van der Waals surface area contributed by atoms with Gasteiger partial charge < -0.3 is 9.84 Å². The van der Waals surface area contributed by atoms with Crippen LogP contribution in [0.2, 0.25) is 5.02 Å². The Morgan fingerprint density at radius 3 is 3.05 bits per heavy atom. The van der Waals surface area contributed by atoms with E-state index in [9.17, 15) is 9.90 Å². The molecule has 0 bridgehead atoms. The van der Waals surface area contributed by atoms with Gasteiger partial charge in [-0.25, -0.2) is 0 Å². The molecule has 1 fully saturated rings. The van der Waals surface area contributed by atoms with Gasteiger partial charge in [-0.2, -0.15) is 0 Å². The number of carboxylic acids is 1. The van der Waals surface area contributed by atoms with E-state index in [1.165, 1.54) is 0 Å². The Labute approximate surface area is 115 Å². The van der Waals surface area contributed by atoms with Crippen molar-refractivity contribution in [2.75, 3.05) is 6.61 Å². The maximum atomic E-state index is 11.3. The van der Waals surface area contributed by atoms with Crippen LogP contribution in [0.5, 0.6) is 0 Å². The van der Waals surface area contributed by atoms with Crippen molar-refractivity contribution >= 4 is 28.5 Å². The molecule has 2 aromatic rings. The van der Waals surface area contributed by atoms with Gasteiger partial charge in [-0.05, 0) is 24.6 Å². The molecule has 0 radical (unpaired) electrons. The Balaban J connectivity index is 2.15. The molecule has 19 heavy (non-hydrogen) atoms. The second-order valence-electron chi connectivity index (χ2n) is 4.56. The lowest BCUT2D eigenvalue weighted by atomic mass is 9.94. The molecular formula is C14H12ClNO3. The Bertz CT molecular complexity index is 644. The molecule has 1 N–H and O–H groups in total. The van der Waals surface area contributed by atoms with Crippen LogP contribution in [0.1, 0.15) is 18.1 Å². The Morgan fingerprint density at radius 2 is 2.26 bits per heavy atom. The summed E-state index contributed by atoms with van der Waals surface area (Å²) in [6, 6.07) is 7.26. The van der Waals surface area contributed by atoms with Gasteiger partial charge >= 0.3 is 5.97 Å². The lowest BCUT2D eigenvalue weighted by Crippen LogP contribution is -2.18. The number of benzene rings is 1. The molecule has 0 aliphatic carbocycles. The fraction of sp³-hybridized carbons (Fsp3) is 0.286. The van der Waals surface area contributed by atoms with Crippen molar-refractivity contribution < 1.29 is 14.6 Å². The van der Waals surface area contributed by atoms with E-state index in [4.69, 9.17) is 16.3 Å². The number of aliphatic carboxylic acids is 1. The van der Waals surface area contributed by atoms with Crippen molar-refractivity contribution in [3.63, 3.8) is 0 Å². The topological polar surface area (TPSA) is 59.4 Å². The quantitative estimate of drug-likeness (QED) is 0.916. The molecule has 1 aromatic heterocycles. The number of fused-ring (bicyclic) bond motifs is 1. The standard InChI is InChI=1S/C14H12ClNO3/c15-11-4-3-9(12-8(11)2-1-6-16-12)13-10(14(17)18)5-7-19-13/h1-4,6,10,13H,5,7H2,(H,17,18). The largest absolute Gasteiger partial charge is 0.481 e. The van der Waals surface area contributed by atoms with E-state index in [2.05, 4.69) is 4.98 Å². The predicted molar refractivity (Wildman–Crippen MR) is 71.2 cm³/mol. The number of rotatable bonds is 2. The van der Waals surface area contributed by atoms with Gasteiger partial charge in [-0.3, -0.25) is 9.78 Å². The highest BCUT2D eigenvalue weighted by molar-refractivity contribution is 6.35. The molecular weight excluding hydrogens is 266 g/mol. The average Bonchev–Trinajstić information content (AvgIpc) is 2.89. The first-order valence-corrected chi connectivity index (χ1v) is 6.44. The number of pyridine rings is 1. The van der Waals surface area contributed by atoms with Crippen molar-refractivity contribution in [3.05, 3.63) is 41.0 Å². The molecule has 2 atom stereocenters. The highest BCUT2D eigenvalue weighted by Gasteiger charge is 2.36. The molecule has 2 unspecified atom stereocenters. The lowest BCUT2D eigenvalue weighted by molar-refractivity contribution is -0.143. The van der Waals surface area contributed by atoms with E-state index < -0.39 is 18.0 Å². The van der Waals surface area contributed by atoms with Crippen molar-refractivity contribution in [2.24, 2.45) is 5.92 Å². The minimum Gasteiger partial charge on any atom is -0.481 e. The zero-order chi connectivity index (χ0) is 13.4. The van der Waals surface area contributed by atoms with E-state index in [0.29, 0.717) is 23.6 Å². The van der Waals surface area contributed by atoms with Crippen molar-refractivity contribution in [1.29, 1.82) is 0 Å². The summed E-state index contributed by atoms with van der Waals surface area (Å²) in [6.07, 6.45) is 1.75. The first-order chi connectivity index (χ1) is 9.18. The fourth-order valence-electron chi connectivity index (χ4n) is 2.54. The Hall–Kier alpha value is -1.65. The second kappa shape index (κ2) is 4.79. The normalized spacial score (nSPS) is 22.8. The number of carboxylic acid groups (broad SMARTS) is 1. The number of aromatic nitrogens is 1. The number of carbonyl (C=O) groups is 1. The van der Waals surface area contributed by atoms with Crippen LogP contribution >= 0.6 is 11.6 Å². The monoisotopic (exact) mass is 277 g/mol. The molecule has 1 aliphatic heterocycles. The summed E-state index contributed by atoms with van der Waals surface area (Å²) in [4.78, 5) is 15.6. The molecule has 5 heteroatoms. The SMILES string of the molecule is O=C(O)C1CCOC1c1ccc(Cl)c2cccnc12. The van der Waals surface area contributed by atoms with Gasteiger partial charge in [0.25, 0.3) is 0 Å². The maximum absolute atomic E-state index is 11.3. The van der Waals surface area contributed by atoms with Crippen molar-refractivity contribution in [3.8, 4) is 0 Å². The van der Waals surface area contributed by atoms with Crippen LogP contribution in [-0.2, 0) is 9.53 Å². The molecule has 3 rings (SSSR count). The van der Waals surface area contributed by atoms with Crippen LogP contribution in [0, 0.1) is 5.92 Å². The van der Waals surface area contributed by atoms with E-state index in [-0.39, 0.29) is 0 Å². The van der Waals surface area contributed by atoms with Gasteiger partial charge in [0.1, 0.15) is 0 Å². The average molecular weight is 278 g/mol. The van der Waals surface area contributed by atoms with Crippen LogP contribution in [0.25, 0.3) is 10.9 Å². The van der Waals surface area contributed by atoms with E-state index >= 15 is 0 Å². The zero-order valence-corrected chi connectivity index (χ0v) is 10.8. The van der Waals surface area contributed by atoms with Crippen LogP contribution in [0.15, 0.2) is 30.5 Å². The van der Waals surface area contributed by atoms with Gasteiger partial charge in [0.2, 0.25) is 0 Å². The fourth-order valence-corrected chi connectivity index (χ4v) is 2.75. The summed E-state index contributed by atoms with van der Waals surface area (Å²) in [6.45, 7) is 0.457. The van der Waals surface area contributed by atoms with E-state index in [0.717, 1.165) is 10.9 Å². The van der Waals surface area contributed by atoms with Gasteiger partial charge in [0, 0.05) is 28.8 Å². The van der Waals surface area contributed by atoms with Crippen LogP contribution < -0.4 is 0 Å². The summed E-state index contributed by atoms with van der Waals surface area (Å²) in [5, 5.41) is 10.7. The molecule has 1 aromatic carbocycles.